The van der Waals surface area contributed by atoms with Gasteiger partial charge in [0.2, 0.25) is 0 Å². The molecule has 0 bridgehead atoms. The van der Waals surface area contributed by atoms with Gasteiger partial charge in [0, 0.05) is 50.4 Å². The van der Waals surface area contributed by atoms with Crippen molar-refractivity contribution in [3.05, 3.63) is 90.5 Å². The molecule has 0 radical (unpaired) electrons. The van der Waals surface area contributed by atoms with E-state index in [1.807, 2.05) is 84.9 Å². The van der Waals surface area contributed by atoms with Gasteiger partial charge in [-0.25, -0.2) is 0 Å². The first-order valence-corrected chi connectivity index (χ1v) is 13.4. The predicted octanol–water partition coefficient (Wildman–Crippen LogP) is 5.58. The zero-order valence-electron chi connectivity index (χ0n) is 19.4. The molecule has 2 saturated heterocycles. The molecule has 0 saturated carbocycles. The molecule has 1 unspecified atom stereocenters. The first kappa shape index (κ1) is 22.7. The Morgan fingerprint density at radius 3 is 1.71 bits per heavy atom. The van der Waals surface area contributed by atoms with Gasteiger partial charge in [-0.2, -0.15) is 0 Å². The van der Waals surface area contributed by atoms with Gasteiger partial charge in [0.05, 0.1) is 7.11 Å². The molecule has 2 aliphatic heterocycles. The van der Waals surface area contributed by atoms with Crippen LogP contribution in [0.25, 0.3) is 0 Å². The molecule has 6 nitrogen and oxygen atoms in total. The molecule has 176 valence electrons. The first-order chi connectivity index (χ1) is 16.6. The summed E-state index contributed by atoms with van der Waals surface area (Å²) in [5.74, 6) is 0.657. The van der Waals surface area contributed by atoms with Crippen LogP contribution < -0.4 is 14.1 Å². The van der Waals surface area contributed by atoms with Crippen molar-refractivity contribution >= 4 is 24.6 Å². The lowest BCUT2D eigenvalue weighted by Gasteiger charge is -2.44. The van der Waals surface area contributed by atoms with Gasteiger partial charge in [0.25, 0.3) is 7.44 Å². The molecule has 3 aromatic rings. The molecular formula is C27H30N3O3P. The zero-order valence-corrected chi connectivity index (χ0v) is 20.3. The summed E-state index contributed by atoms with van der Waals surface area (Å²) in [5, 5.41) is 0. The number of carbonyl (C=O) groups is 1. The van der Waals surface area contributed by atoms with Crippen LogP contribution in [-0.2, 0) is 9.36 Å². The van der Waals surface area contributed by atoms with E-state index < -0.39 is 7.44 Å². The second-order valence-electron chi connectivity index (χ2n) is 8.73. The molecule has 2 fully saturated rings. The molecule has 0 aliphatic carbocycles. The van der Waals surface area contributed by atoms with E-state index in [0.29, 0.717) is 39.0 Å². The lowest BCUT2D eigenvalue weighted by atomic mass is 10.1. The quantitative estimate of drug-likeness (QED) is 0.434. The van der Waals surface area contributed by atoms with Crippen LogP contribution in [0.2, 0.25) is 0 Å². The number of ketones is 1. The van der Waals surface area contributed by atoms with Crippen molar-refractivity contribution in [2.24, 2.45) is 0 Å². The summed E-state index contributed by atoms with van der Waals surface area (Å²) in [6.07, 6.45) is 0.979. The van der Waals surface area contributed by atoms with Crippen LogP contribution in [0.1, 0.15) is 24.2 Å². The Kier molecular flexibility index (Phi) is 6.44. The molecular weight excluding hydrogens is 445 g/mol. The Bertz CT molecular complexity index is 1110. The van der Waals surface area contributed by atoms with E-state index in [9.17, 15) is 4.79 Å². The van der Waals surface area contributed by atoms with E-state index in [4.69, 9.17) is 4.74 Å². The number of ether oxygens (including phenoxy) is 1. The molecule has 0 N–H and O–H groups in total. The SMILES string of the molecule is COc1ccc(C(N2CCC(=O)CC2)P2(=O)N(c3ccccc3)CCN2c2ccccc2)cc1. The average molecular weight is 476 g/mol. The van der Waals surface area contributed by atoms with Crippen molar-refractivity contribution in [1.29, 1.82) is 0 Å². The lowest BCUT2D eigenvalue weighted by molar-refractivity contribution is -0.121. The molecule has 1 atom stereocenters. The Labute approximate surface area is 201 Å². The standard InChI is InChI=1S/C27H30N3O3P/c1-33-26-14-12-22(13-15-26)27(28-18-16-25(31)17-19-28)34(32)29(23-8-4-2-5-9-23)20-21-30(34)24-10-6-3-7-11-24/h2-15,27H,16-21H2,1H3. The van der Waals surface area contributed by atoms with E-state index in [1.165, 1.54) is 0 Å². The second-order valence-corrected chi connectivity index (χ2v) is 11.4. The zero-order chi connectivity index (χ0) is 23.5. The number of para-hydroxylation sites is 2. The van der Waals surface area contributed by atoms with Crippen LogP contribution in [0.4, 0.5) is 11.4 Å². The van der Waals surface area contributed by atoms with Crippen LogP contribution in [0.15, 0.2) is 84.9 Å². The van der Waals surface area contributed by atoms with Crippen molar-refractivity contribution in [3.63, 3.8) is 0 Å². The number of Topliss-reactive ketones (excluding diaryl/α,β-unsaturated/α-hetero) is 1. The summed E-state index contributed by atoms with van der Waals surface area (Å²) in [7, 11) is -1.59. The number of hydrogen-bond acceptors (Lipinski definition) is 4. The monoisotopic (exact) mass is 475 g/mol. The number of nitrogens with zero attached hydrogens (tertiary/aromatic N) is 3. The van der Waals surface area contributed by atoms with Crippen LogP contribution in [0, 0.1) is 0 Å². The first-order valence-electron chi connectivity index (χ1n) is 11.8. The minimum atomic E-state index is -3.24. The van der Waals surface area contributed by atoms with Crippen molar-refractivity contribution in [3.8, 4) is 5.75 Å². The van der Waals surface area contributed by atoms with Gasteiger partial charge < -0.3 is 14.1 Å². The Morgan fingerprint density at radius 2 is 1.24 bits per heavy atom. The third-order valence-electron chi connectivity index (χ3n) is 6.76. The minimum absolute atomic E-state index is 0.272. The highest BCUT2D eigenvalue weighted by atomic mass is 31.2. The molecule has 0 aromatic heterocycles. The number of benzene rings is 3. The summed E-state index contributed by atoms with van der Waals surface area (Å²) in [4.78, 5) is 14.3. The predicted molar refractivity (Wildman–Crippen MR) is 137 cm³/mol. The van der Waals surface area contributed by atoms with E-state index in [2.05, 4.69) is 14.2 Å². The molecule has 0 spiro atoms. The van der Waals surface area contributed by atoms with Crippen molar-refractivity contribution in [1.82, 2.24) is 4.90 Å². The largest absolute Gasteiger partial charge is 0.497 e. The van der Waals surface area contributed by atoms with Crippen molar-refractivity contribution in [2.75, 3.05) is 42.6 Å². The fraction of sp³-hybridized carbons (Fsp3) is 0.296. The summed E-state index contributed by atoms with van der Waals surface area (Å²) in [6.45, 7) is 2.53. The van der Waals surface area contributed by atoms with E-state index in [1.54, 1.807) is 7.11 Å². The van der Waals surface area contributed by atoms with E-state index in [0.717, 1.165) is 22.7 Å². The highest BCUT2D eigenvalue weighted by Crippen LogP contribution is 2.70. The fourth-order valence-corrected chi connectivity index (χ4v) is 8.76. The van der Waals surface area contributed by atoms with Gasteiger partial charge in [-0.15, -0.1) is 0 Å². The number of piperidine rings is 1. The summed E-state index contributed by atoms with van der Waals surface area (Å²) < 4.78 is 25.2. The van der Waals surface area contributed by atoms with Gasteiger partial charge in [-0.3, -0.25) is 14.3 Å². The third-order valence-corrected chi connectivity index (χ3v) is 10.3. The maximum Gasteiger partial charge on any atom is 0.284 e. The van der Waals surface area contributed by atoms with Crippen LogP contribution in [-0.4, -0.2) is 44.0 Å². The average Bonchev–Trinajstić information content (AvgIpc) is 3.24. The maximum absolute atomic E-state index is 15.6. The highest BCUT2D eigenvalue weighted by Gasteiger charge is 2.52. The Hall–Kier alpha value is -3.08. The number of likely N-dealkylation sites (tertiary alicyclic amines) is 1. The van der Waals surface area contributed by atoms with Crippen molar-refractivity contribution in [2.45, 2.75) is 18.6 Å². The van der Waals surface area contributed by atoms with Gasteiger partial charge in [0.1, 0.15) is 17.3 Å². The summed E-state index contributed by atoms with van der Waals surface area (Å²) in [6, 6.07) is 28.0. The summed E-state index contributed by atoms with van der Waals surface area (Å²) >= 11 is 0. The van der Waals surface area contributed by atoms with Gasteiger partial charge in [-0.1, -0.05) is 48.5 Å². The van der Waals surface area contributed by atoms with Crippen LogP contribution >= 0.6 is 7.44 Å². The molecule has 2 aliphatic rings. The highest BCUT2D eigenvalue weighted by molar-refractivity contribution is 7.67. The lowest BCUT2D eigenvalue weighted by Crippen LogP contribution is -2.40. The number of anilines is 2. The Balaban J connectivity index is 1.67. The number of rotatable bonds is 6. The smallest absolute Gasteiger partial charge is 0.284 e. The molecule has 5 rings (SSSR count). The number of methoxy groups -OCH3 is 1. The van der Waals surface area contributed by atoms with Gasteiger partial charge in [0.15, 0.2) is 0 Å². The number of carbonyl (C=O) groups excluding carboxylic acids is 1. The van der Waals surface area contributed by atoms with E-state index >= 15 is 4.57 Å². The Morgan fingerprint density at radius 1 is 0.735 bits per heavy atom. The normalized spacial score (nSPS) is 19.3. The van der Waals surface area contributed by atoms with Crippen LogP contribution in [0.3, 0.4) is 0 Å². The molecule has 3 aromatic carbocycles. The van der Waals surface area contributed by atoms with Gasteiger partial charge in [-0.05, 0) is 42.0 Å². The van der Waals surface area contributed by atoms with Gasteiger partial charge >= 0.3 is 0 Å². The number of hydrogen-bond donors (Lipinski definition) is 0. The second kappa shape index (κ2) is 9.65. The molecule has 0 amide bonds. The molecule has 7 heteroatoms. The maximum atomic E-state index is 15.6. The third kappa shape index (κ3) is 4.13. The summed E-state index contributed by atoms with van der Waals surface area (Å²) in [5.41, 5.74) is 2.88. The fourth-order valence-electron chi connectivity index (χ4n) is 5.07. The van der Waals surface area contributed by atoms with Crippen molar-refractivity contribution < 1.29 is 14.1 Å². The topological polar surface area (TPSA) is 53.1 Å². The molecule has 34 heavy (non-hydrogen) atoms. The van der Waals surface area contributed by atoms with Crippen LogP contribution in [0.5, 0.6) is 5.75 Å². The minimum Gasteiger partial charge on any atom is -0.497 e. The molecule has 2 heterocycles. The van der Waals surface area contributed by atoms with E-state index in [-0.39, 0.29) is 11.6 Å².